The van der Waals surface area contributed by atoms with Gasteiger partial charge in [-0.1, -0.05) is 11.8 Å². The van der Waals surface area contributed by atoms with Crippen LogP contribution in [0, 0.1) is 0 Å². The molecule has 0 bridgehead atoms. The van der Waals surface area contributed by atoms with E-state index in [0.717, 1.165) is 18.0 Å². The zero-order chi connectivity index (χ0) is 14.5. The van der Waals surface area contributed by atoms with E-state index in [-0.39, 0.29) is 18.2 Å². The van der Waals surface area contributed by atoms with Crippen molar-refractivity contribution in [2.45, 2.75) is 31.0 Å². The van der Waals surface area contributed by atoms with Gasteiger partial charge in [-0.25, -0.2) is 0 Å². The SMILES string of the molecule is CCOC(=O)CN(C)C(=O)CSc1nncn1C1CC1. The fourth-order valence-electron chi connectivity index (χ4n) is 1.66. The molecule has 110 valence electrons. The molecule has 0 N–H and O–H groups in total. The highest BCUT2D eigenvalue weighted by Gasteiger charge is 2.26. The van der Waals surface area contributed by atoms with Gasteiger partial charge in [0, 0.05) is 13.1 Å². The first kappa shape index (κ1) is 14.8. The van der Waals surface area contributed by atoms with Gasteiger partial charge < -0.3 is 14.2 Å². The van der Waals surface area contributed by atoms with Gasteiger partial charge in [0.15, 0.2) is 5.16 Å². The highest BCUT2D eigenvalue weighted by atomic mass is 32.2. The number of likely N-dealkylation sites (N-methyl/N-ethyl adjacent to an activating group) is 1. The van der Waals surface area contributed by atoms with Gasteiger partial charge in [0.05, 0.1) is 12.4 Å². The number of hydrogen-bond acceptors (Lipinski definition) is 6. The number of esters is 1. The van der Waals surface area contributed by atoms with Crippen LogP contribution in [0.5, 0.6) is 0 Å². The minimum atomic E-state index is -0.394. The molecular formula is C12H18N4O3S. The van der Waals surface area contributed by atoms with Crippen molar-refractivity contribution >= 4 is 23.6 Å². The molecule has 1 aromatic heterocycles. The number of thioether (sulfide) groups is 1. The number of ether oxygens (including phenoxy) is 1. The Bertz CT molecular complexity index is 487. The molecule has 1 aromatic rings. The number of carbonyl (C=O) groups excluding carboxylic acids is 2. The summed E-state index contributed by atoms with van der Waals surface area (Å²) < 4.78 is 6.81. The van der Waals surface area contributed by atoms with Crippen molar-refractivity contribution in [3.63, 3.8) is 0 Å². The lowest BCUT2D eigenvalue weighted by atomic mass is 10.5. The topological polar surface area (TPSA) is 77.3 Å². The maximum atomic E-state index is 11.9. The van der Waals surface area contributed by atoms with Crippen LogP contribution in [0.4, 0.5) is 0 Å². The van der Waals surface area contributed by atoms with Crippen LogP contribution >= 0.6 is 11.8 Å². The second-order valence-electron chi connectivity index (χ2n) is 4.60. The van der Waals surface area contributed by atoms with E-state index in [9.17, 15) is 9.59 Å². The van der Waals surface area contributed by atoms with E-state index in [1.165, 1.54) is 16.7 Å². The summed E-state index contributed by atoms with van der Waals surface area (Å²) in [7, 11) is 1.59. The molecule has 1 fully saturated rings. The fraction of sp³-hybridized carbons (Fsp3) is 0.667. The Hall–Kier alpha value is -1.57. The van der Waals surface area contributed by atoms with Crippen molar-refractivity contribution in [1.82, 2.24) is 19.7 Å². The highest BCUT2D eigenvalue weighted by molar-refractivity contribution is 7.99. The molecule has 7 nitrogen and oxygen atoms in total. The Morgan fingerprint density at radius 1 is 1.55 bits per heavy atom. The number of amides is 1. The molecule has 0 spiro atoms. The van der Waals surface area contributed by atoms with Gasteiger partial charge in [-0.05, 0) is 19.8 Å². The molecule has 0 aromatic carbocycles. The van der Waals surface area contributed by atoms with E-state index >= 15 is 0 Å². The van der Waals surface area contributed by atoms with Crippen LogP contribution < -0.4 is 0 Å². The molecule has 1 aliphatic carbocycles. The van der Waals surface area contributed by atoms with Crippen molar-refractivity contribution in [1.29, 1.82) is 0 Å². The zero-order valence-corrected chi connectivity index (χ0v) is 12.4. The van der Waals surface area contributed by atoms with Crippen LogP contribution in [0.25, 0.3) is 0 Å². The van der Waals surface area contributed by atoms with E-state index in [1.54, 1.807) is 20.3 Å². The molecular weight excluding hydrogens is 280 g/mol. The van der Waals surface area contributed by atoms with Crippen molar-refractivity contribution in [3.8, 4) is 0 Å². The maximum absolute atomic E-state index is 11.9. The highest BCUT2D eigenvalue weighted by Crippen LogP contribution is 2.37. The Kier molecular flexibility index (Phi) is 4.99. The van der Waals surface area contributed by atoms with Crippen LogP contribution in [0.15, 0.2) is 11.5 Å². The third-order valence-corrected chi connectivity index (χ3v) is 3.84. The Morgan fingerprint density at radius 2 is 2.30 bits per heavy atom. The van der Waals surface area contributed by atoms with Crippen molar-refractivity contribution in [3.05, 3.63) is 6.33 Å². The quantitative estimate of drug-likeness (QED) is 0.545. The first-order valence-corrected chi connectivity index (χ1v) is 7.52. The molecule has 0 aliphatic heterocycles. The summed E-state index contributed by atoms with van der Waals surface area (Å²) in [6, 6.07) is 0.486. The summed E-state index contributed by atoms with van der Waals surface area (Å²) >= 11 is 1.34. The monoisotopic (exact) mass is 298 g/mol. The molecule has 8 heteroatoms. The van der Waals surface area contributed by atoms with Gasteiger partial charge in [0.2, 0.25) is 5.91 Å². The predicted octanol–water partition coefficient (Wildman–Crippen LogP) is 0.727. The molecule has 20 heavy (non-hydrogen) atoms. The number of hydrogen-bond donors (Lipinski definition) is 0. The summed E-state index contributed by atoms with van der Waals surface area (Å²) in [5.41, 5.74) is 0. The molecule has 1 heterocycles. The molecule has 0 atom stereocenters. The number of aromatic nitrogens is 3. The normalized spacial score (nSPS) is 14.1. The molecule has 1 amide bonds. The standard InChI is InChI=1S/C12H18N4O3S/c1-3-19-11(18)6-15(2)10(17)7-20-12-14-13-8-16(12)9-4-5-9/h8-9H,3-7H2,1-2H3. The average Bonchev–Trinajstić information content (AvgIpc) is 3.15. The van der Waals surface area contributed by atoms with E-state index in [1.807, 2.05) is 4.57 Å². The first-order valence-electron chi connectivity index (χ1n) is 6.53. The minimum Gasteiger partial charge on any atom is -0.465 e. The maximum Gasteiger partial charge on any atom is 0.325 e. The number of nitrogens with zero attached hydrogens (tertiary/aromatic N) is 4. The second kappa shape index (κ2) is 6.74. The van der Waals surface area contributed by atoms with Gasteiger partial charge in [-0.3, -0.25) is 9.59 Å². The summed E-state index contributed by atoms with van der Waals surface area (Å²) in [5.74, 6) is -0.288. The minimum absolute atomic E-state index is 0.0252. The zero-order valence-electron chi connectivity index (χ0n) is 11.6. The molecule has 1 saturated carbocycles. The van der Waals surface area contributed by atoms with Crippen LogP contribution in [0.3, 0.4) is 0 Å². The van der Waals surface area contributed by atoms with Crippen molar-refractivity contribution in [2.75, 3.05) is 26.0 Å². The van der Waals surface area contributed by atoms with Gasteiger partial charge >= 0.3 is 5.97 Å². The second-order valence-corrected chi connectivity index (χ2v) is 5.54. The van der Waals surface area contributed by atoms with Crippen molar-refractivity contribution in [2.24, 2.45) is 0 Å². The lowest BCUT2D eigenvalue weighted by Crippen LogP contribution is -2.34. The average molecular weight is 298 g/mol. The smallest absolute Gasteiger partial charge is 0.325 e. The summed E-state index contributed by atoms with van der Waals surface area (Å²) in [6.07, 6.45) is 3.98. The Balaban J connectivity index is 1.79. The molecule has 0 saturated heterocycles. The third kappa shape index (κ3) is 3.96. The first-order chi connectivity index (χ1) is 9.61. The van der Waals surface area contributed by atoms with E-state index in [2.05, 4.69) is 10.2 Å². The lowest BCUT2D eigenvalue weighted by Gasteiger charge is -2.15. The van der Waals surface area contributed by atoms with Crippen LogP contribution in [0.2, 0.25) is 0 Å². The predicted molar refractivity (Wildman–Crippen MR) is 73.3 cm³/mol. The lowest BCUT2D eigenvalue weighted by molar-refractivity contribution is -0.147. The molecule has 1 aliphatic rings. The van der Waals surface area contributed by atoms with E-state index < -0.39 is 5.97 Å². The summed E-state index contributed by atoms with van der Waals surface area (Å²) in [5, 5.41) is 8.64. The van der Waals surface area contributed by atoms with Crippen molar-refractivity contribution < 1.29 is 14.3 Å². The van der Waals surface area contributed by atoms with Gasteiger partial charge in [0.1, 0.15) is 12.9 Å². The summed E-state index contributed by atoms with van der Waals surface area (Å²) in [4.78, 5) is 24.6. The van der Waals surface area contributed by atoms with Gasteiger partial charge in [0.25, 0.3) is 0 Å². The molecule has 0 unspecified atom stereocenters. The fourth-order valence-corrected chi connectivity index (χ4v) is 2.59. The summed E-state index contributed by atoms with van der Waals surface area (Å²) in [6.45, 7) is 2.03. The van der Waals surface area contributed by atoms with Crippen LogP contribution in [-0.4, -0.2) is 57.5 Å². The van der Waals surface area contributed by atoms with Crippen LogP contribution in [-0.2, 0) is 14.3 Å². The number of carbonyl (C=O) groups is 2. The van der Waals surface area contributed by atoms with Gasteiger partial charge in [-0.2, -0.15) is 0 Å². The Labute approximate surface area is 121 Å². The largest absolute Gasteiger partial charge is 0.465 e. The van der Waals surface area contributed by atoms with Crippen LogP contribution in [0.1, 0.15) is 25.8 Å². The third-order valence-electron chi connectivity index (χ3n) is 2.90. The molecule has 2 rings (SSSR count). The molecule has 0 radical (unpaired) electrons. The van der Waals surface area contributed by atoms with E-state index in [4.69, 9.17) is 4.74 Å². The van der Waals surface area contributed by atoms with E-state index in [0.29, 0.717) is 12.6 Å². The number of rotatable bonds is 7. The van der Waals surface area contributed by atoms with Gasteiger partial charge in [-0.15, -0.1) is 10.2 Å². The Morgan fingerprint density at radius 3 is 2.95 bits per heavy atom.